The zero-order valence-corrected chi connectivity index (χ0v) is 67.6. The molecule has 9 aromatic rings. The molecule has 0 radical (unpaired) electrons. The second-order valence-corrected chi connectivity index (χ2v) is 30.0. The number of halogens is 1. The molecule has 0 bridgehead atoms. The smallest absolute Gasteiger partial charge is 0.254 e. The van der Waals surface area contributed by atoms with Gasteiger partial charge in [-0.1, -0.05) is 92.5 Å². The summed E-state index contributed by atoms with van der Waals surface area (Å²) in [6, 6.07) is 29.2. The number of amides is 10. The number of nitrogens with two attached hydrogens (primary N) is 4. The Morgan fingerprint density at radius 3 is 1.22 bits per heavy atom. The molecule has 0 spiro atoms. The van der Waals surface area contributed by atoms with Gasteiger partial charge >= 0.3 is 0 Å². The van der Waals surface area contributed by atoms with E-state index in [1.54, 1.807) is 146 Å². The van der Waals surface area contributed by atoms with Gasteiger partial charge in [-0.3, -0.25) is 71.4 Å². The van der Waals surface area contributed by atoms with E-state index in [1.807, 2.05) is 50.4 Å². The standard InChI is InChI=1S/C23H27N5O4.C22H24N6O2.C21H25ClN4O3.C20H23N5O3/c1-2-20(29)27-9-3-4-18(14-27)28-15-19(22(24)30)21(25-28)16-5-7-17(8-6-16)23(31)26-10-12-32-13-11-26;1-2-20(29)26-10-6-9-18(14-26)28-15-19(22(23)30)21(25-28)17-11-24-27(13-17)12-16-7-4-3-5-8-16;1-4-19(27)25-9-5-6-15(11-25)26-12-16(21(23)28)20(24-26)14-7-8-18(17(22)10-14)29-13(2)3;1-3-18(27)24-10-4-5-16(11-24)25-12-17(20(21)28)19(23-25)14-6-8-15(9-7-14)22-13(2)26/h2,5-8,15,18H,1,3-4,9-14H2,(H2,24,30);2-5,7-8,11,13,15,18H,1,6,9-10,12,14H2,(H2,23,30);4,7-8,10,12-13,15H,1,5-6,9,11H2,2-3H3,(H2,23,28);3,6-9,12,16H,1,4-5,10-11H2,2H3,(H2,21,28)(H,22,26)/t2*18-;15-;16-/m1111/s1. The lowest BCUT2D eigenvalue weighted by Crippen LogP contribution is -2.40. The molecular weight excluding hydrogens is 1540 g/mol. The molecule has 0 saturated carbocycles. The summed E-state index contributed by atoms with van der Waals surface area (Å²) >= 11 is 6.35. The van der Waals surface area contributed by atoms with Gasteiger partial charge in [0.15, 0.2) is 0 Å². The zero-order chi connectivity index (χ0) is 85.1. The maximum Gasteiger partial charge on any atom is 0.254 e. The maximum atomic E-state index is 12.7. The third-order valence-electron chi connectivity index (χ3n) is 20.9. The highest BCUT2D eigenvalue weighted by Crippen LogP contribution is 2.36. The first kappa shape index (κ1) is 86.5. The number of primary amides is 4. The van der Waals surface area contributed by atoms with Crippen LogP contribution in [0, 0.1) is 0 Å². The number of hydrogen-bond acceptors (Lipinski definition) is 17. The molecule has 119 heavy (non-hydrogen) atoms. The van der Waals surface area contributed by atoms with E-state index >= 15 is 0 Å². The van der Waals surface area contributed by atoms with E-state index in [-0.39, 0.29) is 65.7 Å². The number of carbonyl (C=O) groups is 10. The normalized spacial score (nSPS) is 17.2. The van der Waals surface area contributed by atoms with E-state index in [9.17, 15) is 47.9 Å². The number of anilines is 1. The van der Waals surface area contributed by atoms with Gasteiger partial charge in [0.25, 0.3) is 29.5 Å². The van der Waals surface area contributed by atoms with E-state index in [1.165, 1.54) is 31.2 Å². The van der Waals surface area contributed by atoms with Gasteiger partial charge in [0.2, 0.25) is 29.5 Å². The molecule has 5 saturated heterocycles. The van der Waals surface area contributed by atoms with Crippen molar-refractivity contribution in [1.82, 2.24) is 73.4 Å². The van der Waals surface area contributed by atoms with Gasteiger partial charge in [-0.15, -0.1) is 0 Å². The van der Waals surface area contributed by atoms with Crippen LogP contribution in [0.15, 0.2) is 185 Å². The highest BCUT2D eigenvalue weighted by atomic mass is 35.5. The van der Waals surface area contributed by atoms with Crippen molar-refractivity contribution >= 4 is 76.4 Å². The molecule has 4 aromatic carbocycles. The summed E-state index contributed by atoms with van der Waals surface area (Å²) in [6.45, 7) is 27.1. The molecule has 4 atom stereocenters. The van der Waals surface area contributed by atoms with Gasteiger partial charge in [0.1, 0.15) is 28.5 Å². The number of rotatable bonds is 22. The summed E-state index contributed by atoms with van der Waals surface area (Å²) in [5.41, 5.74) is 30.8. The number of nitrogens with zero attached hydrogens (tertiary/aromatic N) is 15. The summed E-state index contributed by atoms with van der Waals surface area (Å²) < 4.78 is 19.7. The Kier molecular flexibility index (Phi) is 29.1. The van der Waals surface area contributed by atoms with Gasteiger partial charge in [0, 0.05) is 137 Å². The number of carbonyl (C=O) groups excluding carboxylic acids is 10. The van der Waals surface area contributed by atoms with Crippen molar-refractivity contribution in [2.24, 2.45) is 22.9 Å². The van der Waals surface area contributed by atoms with Crippen LogP contribution in [0.2, 0.25) is 5.02 Å². The summed E-state index contributed by atoms with van der Waals surface area (Å²) in [5, 5.41) is 26.1. The third kappa shape index (κ3) is 21.8. The van der Waals surface area contributed by atoms with Crippen LogP contribution in [-0.4, -0.2) is 217 Å². The molecule has 0 aliphatic carbocycles. The Balaban J connectivity index is 0.000000156. The van der Waals surface area contributed by atoms with Crippen molar-refractivity contribution < 1.29 is 57.4 Å². The van der Waals surface area contributed by atoms with E-state index in [0.717, 1.165) is 68.1 Å². The predicted octanol–water partition coefficient (Wildman–Crippen LogP) is 9.11. The van der Waals surface area contributed by atoms with Crippen LogP contribution in [0.3, 0.4) is 0 Å². The van der Waals surface area contributed by atoms with Gasteiger partial charge in [-0.25, -0.2) is 0 Å². The Bertz CT molecular complexity index is 5230. The summed E-state index contributed by atoms with van der Waals surface area (Å²) in [4.78, 5) is 129. The fourth-order valence-corrected chi connectivity index (χ4v) is 15.1. The molecule has 10 amide bonds. The number of aromatic nitrogens is 10. The minimum Gasteiger partial charge on any atom is -0.489 e. The molecular formula is C86H99ClN20O12. The Morgan fingerprint density at radius 1 is 0.487 bits per heavy atom. The molecule has 5 aliphatic heterocycles. The lowest BCUT2D eigenvalue weighted by atomic mass is 10.0. The zero-order valence-electron chi connectivity index (χ0n) is 66.9. The number of morpholine rings is 1. The third-order valence-corrected chi connectivity index (χ3v) is 21.2. The van der Waals surface area contributed by atoms with Crippen molar-refractivity contribution in [3.05, 3.63) is 223 Å². The van der Waals surface area contributed by atoms with Crippen molar-refractivity contribution in [1.29, 1.82) is 0 Å². The van der Waals surface area contributed by atoms with Crippen molar-refractivity contribution in [3.63, 3.8) is 0 Å². The fourth-order valence-electron chi connectivity index (χ4n) is 14.9. The van der Waals surface area contributed by atoms with Gasteiger partial charge in [-0.05, 0) is 138 Å². The van der Waals surface area contributed by atoms with Crippen LogP contribution in [0.4, 0.5) is 5.69 Å². The molecule has 622 valence electrons. The Labute approximate surface area is 693 Å². The van der Waals surface area contributed by atoms with Gasteiger partial charge < -0.3 is 62.2 Å². The summed E-state index contributed by atoms with van der Waals surface area (Å²) in [6.07, 6.45) is 22.2. The average molecular weight is 1640 g/mol. The van der Waals surface area contributed by atoms with Crippen LogP contribution in [0.5, 0.6) is 5.75 Å². The monoisotopic (exact) mass is 1640 g/mol. The van der Waals surface area contributed by atoms with Crippen LogP contribution in [0.25, 0.3) is 45.0 Å². The molecule has 10 heterocycles. The molecule has 33 heteroatoms. The second-order valence-electron chi connectivity index (χ2n) is 29.5. The first-order chi connectivity index (χ1) is 57.2. The maximum absolute atomic E-state index is 12.7. The highest BCUT2D eigenvalue weighted by Gasteiger charge is 2.33. The lowest BCUT2D eigenvalue weighted by molar-refractivity contribution is -0.128. The number of piperidine rings is 4. The SMILES string of the molecule is C=CC(=O)N1CCC[C@@H](n2cc(C(N)=O)c(-c3ccc(C(=O)N4CCOCC4)cc3)n2)C1.C=CC(=O)N1CCC[C@@H](n2cc(C(N)=O)c(-c3ccc(NC(C)=O)cc3)n2)C1.C=CC(=O)N1CCC[C@@H](n2cc(C(N)=O)c(-c3ccc(OC(C)C)c(Cl)c3)n2)C1.C=CC(=O)N1CCC[C@@H](n2cc(C(N)=O)c(-c3cnn(Cc4ccccc4)c3)n2)C1. The first-order valence-electron chi connectivity index (χ1n) is 39.3. The molecule has 9 N–H and O–H groups in total. The minimum atomic E-state index is -0.574. The van der Waals surface area contributed by atoms with Gasteiger partial charge in [0.05, 0.1) is 83.5 Å². The number of benzene rings is 4. The number of hydrogen-bond donors (Lipinski definition) is 5. The number of ether oxygens (including phenoxy) is 2. The molecule has 5 fully saturated rings. The van der Waals surface area contributed by atoms with Crippen LogP contribution >= 0.6 is 11.6 Å². The van der Waals surface area contributed by atoms with E-state index < -0.39 is 23.6 Å². The molecule has 0 unspecified atom stereocenters. The minimum absolute atomic E-state index is 0.00809. The quantitative estimate of drug-likeness (QED) is 0.0395. The largest absolute Gasteiger partial charge is 0.489 e. The van der Waals surface area contributed by atoms with E-state index in [0.29, 0.717) is 163 Å². The average Bonchev–Trinajstić information content (AvgIpc) is 1.67. The van der Waals surface area contributed by atoms with Crippen LogP contribution in [0.1, 0.15) is 154 Å². The molecule has 5 aromatic heterocycles. The number of nitrogens with one attached hydrogen (secondary N) is 1. The molecule has 14 rings (SSSR count). The topological polar surface area (TPSA) is 411 Å². The van der Waals surface area contributed by atoms with E-state index in [4.69, 9.17) is 44.0 Å². The van der Waals surface area contributed by atoms with E-state index in [2.05, 4.69) is 57.1 Å². The Morgan fingerprint density at radius 2 is 0.857 bits per heavy atom. The van der Waals surface area contributed by atoms with Crippen LogP contribution < -0.4 is 33.0 Å². The highest BCUT2D eigenvalue weighted by molar-refractivity contribution is 6.32. The first-order valence-corrected chi connectivity index (χ1v) is 39.7. The van der Waals surface area contributed by atoms with Gasteiger partial charge in [-0.2, -0.15) is 25.5 Å². The second kappa shape index (κ2) is 40.0. The predicted molar refractivity (Wildman–Crippen MR) is 448 cm³/mol. The van der Waals surface area contributed by atoms with Crippen molar-refractivity contribution in [2.75, 3.05) is 84.0 Å². The lowest BCUT2D eigenvalue weighted by Gasteiger charge is -2.32. The molecule has 5 aliphatic rings. The Hall–Kier alpha value is -13.4. The van der Waals surface area contributed by atoms with Crippen LogP contribution in [-0.2, 0) is 35.3 Å². The molecule has 32 nitrogen and oxygen atoms in total. The van der Waals surface area contributed by atoms with Crippen molar-refractivity contribution in [2.45, 2.75) is 109 Å². The van der Waals surface area contributed by atoms with Crippen molar-refractivity contribution in [3.8, 4) is 50.8 Å². The number of likely N-dealkylation sites (tertiary alicyclic amines) is 4. The fraction of sp³-hybridized carbons (Fsp3) is 0.337. The summed E-state index contributed by atoms with van der Waals surface area (Å²) in [7, 11) is 0. The summed E-state index contributed by atoms with van der Waals surface area (Å²) in [5.74, 6) is -2.32.